The van der Waals surface area contributed by atoms with E-state index in [0.29, 0.717) is 0 Å². The summed E-state index contributed by atoms with van der Waals surface area (Å²) in [5.41, 5.74) is -0.397. The van der Waals surface area contributed by atoms with E-state index < -0.39 is 0 Å². The predicted molar refractivity (Wildman–Crippen MR) is 74.9 cm³/mol. The highest BCUT2D eigenvalue weighted by Gasteiger charge is 2.45. The molecule has 1 aliphatic heterocycles. The Hall–Kier alpha value is -0.120. The summed E-state index contributed by atoms with van der Waals surface area (Å²) in [6.07, 6.45) is 7.08. The molecule has 0 aromatic rings. The average Bonchev–Trinajstić information content (AvgIpc) is 2.25. The van der Waals surface area contributed by atoms with Crippen molar-refractivity contribution in [1.29, 1.82) is 0 Å². The van der Waals surface area contributed by atoms with Crippen LogP contribution in [0.25, 0.3) is 0 Å². The van der Waals surface area contributed by atoms with Crippen LogP contribution in [0.1, 0.15) is 73.1 Å². The fourth-order valence-corrected chi connectivity index (χ4v) is 3.08. The quantitative estimate of drug-likeness (QED) is 0.730. The number of piperidine rings is 1. The maximum Gasteiger partial charge on any atom is 0.0611 e. The minimum absolute atomic E-state index is 0.199. The lowest BCUT2D eigenvalue weighted by Crippen LogP contribution is -2.60. The van der Waals surface area contributed by atoms with Crippen LogP contribution in [0.2, 0.25) is 0 Å². The molecule has 108 valence electrons. The number of unbranched alkanes of at least 4 members (excludes halogenated alkanes) is 3. The van der Waals surface area contributed by atoms with Crippen LogP contribution in [-0.4, -0.2) is 34.1 Å². The molecule has 0 aromatic carbocycles. The van der Waals surface area contributed by atoms with Crippen LogP contribution in [0.3, 0.4) is 0 Å². The van der Waals surface area contributed by atoms with Gasteiger partial charge in [0.05, 0.1) is 6.10 Å². The molecule has 0 bridgehead atoms. The van der Waals surface area contributed by atoms with E-state index in [9.17, 15) is 5.21 Å². The van der Waals surface area contributed by atoms with Gasteiger partial charge in [0.25, 0.3) is 0 Å². The zero-order chi connectivity index (χ0) is 13.8. The molecule has 0 radical (unpaired) electrons. The normalized spacial score (nSPS) is 24.3. The van der Waals surface area contributed by atoms with E-state index in [4.69, 9.17) is 4.74 Å². The van der Waals surface area contributed by atoms with Gasteiger partial charge < -0.3 is 9.94 Å². The Labute approximate surface area is 112 Å². The van der Waals surface area contributed by atoms with Gasteiger partial charge in [-0.1, -0.05) is 26.2 Å². The standard InChI is InChI=1S/C15H31NO2/c1-6-7-8-9-10-18-13-11-14(2,3)16(17)15(4,5)12-13/h13,17H,6-12H2,1-5H3. The van der Waals surface area contributed by atoms with Crippen LogP contribution in [0.5, 0.6) is 0 Å². The van der Waals surface area contributed by atoms with Crippen molar-refractivity contribution in [2.45, 2.75) is 90.3 Å². The third-order valence-electron chi connectivity index (χ3n) is 3.95. The smallest absolute Gasteiger partial charge is 0.0611 e. The molecule has 0 unspecified atom stereocenters. The Morgan fingerprint density at radius 3 is 2.11 bits per heavy atom. The molecule has 1 rings (SSSR count). The van der Waals surface area contributed by atoms with Gasteiger partial charge in [-0.15, -0.1) is 0 Å². The number of ether oxygens (including phenoxy) is 1. The molecule has 1 saturated heterocycles. The molecule has 0 aliphatic carbocycles. The number of hydroxylamine groups is 2. The Morgan fingerprint density at radius 1 is 1.06 bits per heavy atom. The first-order valence-electron chi connectivity index (χ1n) is 7.40. The topological polar surface area (TPSA) is 32.7 Å². The number of nitrogens with zero attached hydrogens (tertiary/aromatic N) is 1. The molecule has 3 heteroatoms. The van der Waals surface area contributed by atoms with Crippen LogP contribution in [0, 0.1) is 0 Å². The second kappa shape index (κ2) is 6.36. The maximum absolute atomic E-state index is 10.2. The van der Waals surface area contributed by atoms with Gasteiger partial charge in [0, 0.05) is 17.7 Å². The van der Waals surface area contributed by atoms with Crippen molar-refractivity contribution >= 4 is 0 Å². The maximum atomic E-state index is 10.2. The number of rotatable bonds is 6. The van der Waals surface area contributed by atoms with Crippen LogP contribution in [0.4, 0.5) is 0 Å². The molecule has 1 aliphatic rings. The molecule has 0 atom stereocenters. The fraction of sp³-hybridized carbons (Fsp3) is 1.00. The summed E-state index contributed by atoms with van der Waals surface area (Å²) in [5, 5.41) is 11.7. The molecule has 1 N–H and O–H groups in total. The summed E-state index contributed by atoms with van der Waals surface area (Å²) in [7, 11) is 0. The van der Waals surface area contributed by atoms with Gasteiger partial charge in [0.15, 0.2) is 0 Å². The van der Waals surface area contributed by atoms with Crippen LogP contribution >= 0.6 is 0 Å². The second-order valence-corrected chi connectivity index (χ2v) is 6.90. The van der Waals surface area contributed by atoms with Crippen molar-refractivity contribution in [2.24, 2.45) is 0 Å². The minimum atomic E-state index is -0.199. The summed E-state index contributed by atoms with van der Waals surface area (Å²) in [4.78, 5) is 0. The van der Waals surface area contributed by atoms with Crippen LogP contribution < -0.4 is 0 Å². The van der Waals surface area contributed by atoms with Crippen molar-refractivity contribution < 1.29 is 9.94 Å². The zero-order valence-corrected chi connectivity index (χ0v) is 12.8. The lowest BCUT2D eigenvalue weighted by molar-refractivity contribution is -0.261. The summed E-state index contributed by atoms with van der Waals surface area (Å²) < 4.78 is 6.01. The fourth-order valence-electron chi connectivity index (χ4n) is 3.08. The number of hydrogen-bond acceptors (Lipinski definition) is 3. The Bertz CT molecular complexity index is 233. The van der Waals surface area contributed by atoms with Crippen molar-refractivity contribution in [2.75, 3.05) is 6.61 Å². The first kappa shape index (κ1) is 15.9. The number of hydrogen-bond donors (Lipinski definition) is 1. The van der Waals surface area contributed by atoms with E-state index in [2.05, 4.69) is 34.6 Å². The predicted octanol–water partition coefficient (Wildman–Crippen LogP) is 3.99. The Morgan fingerprint density at radius 2 is 1.61 bits per heavy atom. The summed E-state index contributed by atoms with van der Waals surface area (Å²) in [6.45, 7) is 11.4. The van der Waals surface area contributed by atoms with E-state index in [-0.39, 0.29) is 17.2 Å². The van der Waals surface area contributed by atoms with Crippen molar-refractivity contribution in [1.82, 2.24) is 5.06 Å². The monoisotopic (exact) mass is 257 g/mol. The molecule has 0 amide bonds. The highest BCUT2D eigenvalue weighted by atomic mass is 16.5. The highest BCUT2D eigenvalue weighted by Crippen LogP contribution is 2.37. The Balaban J connectivity index is 2.39. The zero-order valence-electron chi connectivity index (χ0n) is 12.8. The molecule has 1 heterocycles. The van der Waals surface area contributed by atoms with Gasteiger partial charge in [-0.05, 0) is 47.0 Å². The second-order valence-electron chi connectivity index (χ2n) is 6.90. The van der Waals surface area contributed by atoms with Gasteiger partial charge in [0.1, 0.15) is 0 Å². The van der Waals surface area contributed by atoms with Crippen LogP contribution in [-0.2, 0) is 4.74 Å². The average molecular weight is 257 g/mol. The van der Waals surface area contributed by atoms with Crippen molar-refractivity contribution in [3.63, 3.8) is 0 Å². The molecule has 1 fully saturated rings. The van der Waals surface area contributed by atoms with E-state index in [1.807, 2.05) is 0 Å². The van der Waals surface area contributed by atoms with E-state index >= 15 is 0 Å². The first-order valence-corrected chi connectivity index (χ1v) is 7.40. The van der Waals surface area contributed by atoms with Gasteiger partial charge in [-0.2, -0.15) is 5.06 Å². The summed E-state index contributed by atoms with van der Waals surface area (Å²) in [5.74, 6) is 0. The first-order chi connectivity index (χ1) is 8.29. The third kappa shape index (κ3) is 4.22. The van der Waals surface area contributed by atoms with Crippen LogP contribution in [0.15, 0.2) is 0 Å². The lowest BCUT2D eigenvalue weighted by atomic mass is 9.80. The Kier molecular flexibility index (Phi) is 5.63. The van der Waals surface area contributed by atoms with Gasteiger partial charge in [-0.3, -0.25) is 0 Å². The molecule has 0 saturated carbocycles. The molecule has 3 nitrogen and oxygen atoms in total. The molecule has 18 heavy (non-hydrogen) atoms. The van der Waals surface area contributed by atoms with Gasteiger partial charge in [0.2, 0.25) is 0 Å². The molecule has 0 spiro atoms. The SMILES string of the molecule is CCCCCCOC1CC(C)(C)N(O)C(C)(C)C1. The summed E-state index contributed by atoms with van der Waals surface area (Å²) in [6, 6.07) is 0. The highest BCUT2D eigenvalue weighted by molar-refractivity contribution is 4.96. The van der Waals surface area contributed by atoms with Crippen molar-refractivity contribution in [3.05, 3.63) is 0 Å². The lowest BCUT2D eigenvalue weighted by Gasteiger charge is -2.51. The van der Waals surface area contributed by atoms with Crippen molar-refractivity contribution in [3.8, 4) is 0 Å². The van der Waals surface area contributed by atoms with Gasteiger partial charge >= 0.3 is 0 Å². The molecular weight excluding hydrogens is 226 g/mol. The van der Waals surface area contributed by atoms with Gasteiger partial charge in [-0.25, -0.2) is 0 Å². The largest absolute Gasteiger partial charge is 0.378 e. The summed E-state index contributed by atoms with van der Waals surface area (Å²) >= 11 is 0. The molecule has 0 aromatic heterocycles. The van der Waals surface area contributed by atoms with E-state index in [0.717, 1.165) is 25.9 Å². The van der Waals surface area contributed by atoms with E-state index in [1.54, 1.807) is 0 Å². The molecular formula is C15H31NO2. The third-order valence-corrected chi connectivity index (χ3v) is 3.95. The van der Waals surface area contributed by atoms with E-state index in [1.165, 1.54) is 24.3 Å². The minimum Gasteiger partial charge on any atom is -0.378 e.